The number of halogens is 1. The maximum Gasteiger partial charge on any atom is 0.173 e. The Hall–Kier alpha value is -1.97. The molecule has 0 aliphatic heterocycles. The number of nitrogens with one attached hydrogen (secondary N) is 1. The van der Waals surface area contributed by atoms with Crippen LogP contribution in [0.15, 0.2) is 30.6 Å². The normalized spacial score (nSPS) is 10.4. The van der Waals surface area contributed by atoms with E-state index in [0.717, 1.165) is 0 Å². The number of hydrogen-bond acceptors (Lipinski definition) is 2. The third kappa shape index (κ3) is 2.00. The van der Waals surface area contributed by atoms with Crippen LogP contribution >= 0.6 is 0 Å². The minimum Gasteiger partial charge on any atom is -0.348 e. The van der Waals surface area contributed by atoms with E-state index < -0.39 is 5.82 Å². The van der Waals surface area contributed by atoms with Crippen molar-refractivity contribution in [3.05, 3.63) is 53.4 Å². The second-order valence-corrected chi connectivity index (χ2v) is 3.57. The first kappa shape index (κ1) is 10.5. The lowest BCUT2D eigenvalue weighted by atomic mass is 10.0. The summed E-state index contributed by atoms with van der Waals surface area (Å²) in [6, 6.07) is 4.81. The fourth-order valence-corrected chi connectivity index (χ4v) is 1.50. The van der Waals surface area contributed by atoms with Crippen LogP contribution in [0.1, 0.15) is 21.7 Å². The molecular formula is C12H11FN2O. The summed E-state index contributed by atoms with van der Waals surface area (Å²) in [4.78, 5) is 18.5. The average Bonchev–Trinajstić information content (AvgIpc) is 2.74. The van der Waals surface area contributed by atoms with Crippen molar-refractivity contribution in [3.63, 3.8) is 0 Å². The maximum absolute atomic E-state index is 13.6. The number of aromatic amines is 1. The fraction of sp³-hybridized carbons (Fsp3) is 0.167. The van der Waals surface area contributed by atoms with Crippen LogP contribution in [-0.4, -0.2) is 15.8 Å². The average molecular weight is 218 g/mol. The Kier molecular flexibility index (Phi) is 2.81. The number of hydrogen-bond donors (Lipinski definition) is 1. The highest BCUT2D eigenvalue weighted by Gasteiger charge is 2.14. The standard InChI is InChI=1S/C12H11FN2O/c1-8-3-2-4-9(12(8)13)10(16)7-11-14-5-6-15-11/h2-6H,7H2,1H3,(H,14,15). The zero-order chi connectivity index (χ0) is 11.5. The summed E-state index contributed by atoms with van der Waals surface area (Å²) in [5, 5.41) is 0. The first-order chi connectivity index (χ1) is 7.68. The Morgan fingerprint density at radius 1 is 1.50 bits per heavy atom. The molecule has 0 radical (unpaired) electrons. The van der Waals surface area contributed by atoms with Gasteiger partial charge in [0.1, 0.15) is 11.6 Å². The summed E-state index contributed by atoms with van der Waals surface area (Å²) in [5.74, 6) is -0.166. The molecule has 0 spiro atoms. The summed E-state index contributed by atoms with van der Waals surface area (Å²) in [7, 11) is 0. The molecule has 0 bridgehead atoms. The lowest BCUT2D eigenvalue weighted by molar-refractivity contribution is 0.0987. The first-order valence-electron chi connectivity index (χ1n) is 4.95. The number of Topliss-reactive ketones (excluding diaryl/α,β-unsaturated/α-hetero) is 1. The largest absolute Gasteiger partial charge is 0.348 e. The van der Waals surface area contributed by atoms with Crippen LogP contribution in [0.2, 0.25) is 0 Å². The zero-order valence-electron chi connectivity index (χ0n) is 8.83. The van der Waals surface area contributed by atoms with Crippen LogP contribution in [0.3, 0.4) is 0 Å². The van der Waals surface area contributed by atoms with Gasteiger partial charge in [0.2, 0.25) is 0 Å². The Bertz CT molecular complexity index is 506. The number of H-pyrrole nitrogens is 1. The van der Waals surface area contributed by atoms with Gasteiger partial charge in [0.05, 0.1) is 12.0 Å². The summed E-state index contributed by atoms with van der Waals surface area (Å²) in [6.07, 6.45) is 3.29. The molecule has 4 heteroatoms. The van der Waals surface area contributed by atoms with E-state index in [1.165, 1.54) is 6.07 Å². The molecule has 16 heavy (non-hydrogen) atoms. The van der Waals surface area contributed by atoms with Crippen molar-refractivity contribution in [1.82, 2.24) is 9.97 Å². The monoisotopic (exact) mass is 218 g/mol. The summed E-state index contributed by atoms with van der Waals surface area (Å²) in [5.41, 5.74) is 0.599. The fourth-order valence-electron chi connectivity index (χ4n) is 1.50. The molecule has 2 aromatic rings. The Morgan fingerprint density at radius 3 is 3.00 bits per heavy atom. The highest BCUT2D eigenvalue weighted by atomic mass is 19.1. The molecule has 0 aliphatic carbocycles. The number of nitrogens with zero attached hydrogens (tertiary/aromatic N) is 1. The van der Waals surface area contributed by atoms with Crippen molar-refractivity contribution in [2.24, 2.45) is 0 Å². The lowest BCUT2D eigenvalue weighted by Gasteiger charge is -2.03. The Morgan fingerprint density at radius 2 is 2.31 bits per heavy atom. The third-order valence-corrected chi connectivity index (χ3v) is 2.38. The molecule has 0 saturated carbocycles. The van der Waals surface area contributed by atoms with E-state index in [9.17, 15) is 9.18 Å². The third-order valence-electron chi connectivity index (χ3n) is 2.38. The second-order valence-electron chi connectivity index (χ2n) is 3.57. The van der Waals surface area contributed by atoms with E-state index in [-0.39, 0.29) is 17.8 Å². The van der Waals surface area contributed by atoms with E-state index in [1.54, 1.807) is 31.5 Å². The van der Waals surface area contributed by atoms with Gasteiger partial charge < -0.3 is 4.98 Å². The molecule has 0 amide bonds. The summed E-state index contributed by atoms with van der Waals surface area (Å²) in [6.45, 7) is 1.64. The van der Waals surface area contributed by atoms with Crippen molar-refractivity contribution in [2.75, 3.05) is 0 Å². The molecule has 3 nitrogen and oxygen atoms in total. The Labute approximate surface area is 92.3 Å². The number of benzene rings is 1. The molecule has 1 N–H and O–H groups in total. The van der Waals surface area contributed by atoms with Crippen molar-refractivity contribution in [3.8, 4) is 0 Å². The number of ketones is 1. The number of carbonyl (C=O) groups excluding carboxylic acids is 1. The van der Waals surface area contributed by atoms with E-state index >= 15 is 0 Å². The van der Waals surface area contributed by atoms with E-state index in [0.29, 0.717) is 11.4 Å². The SMILES string of the molecule is Cc1cccc(C(=O)Cc2ncc[nH]2)c1F. The number of aromatic nitrogens is 2. The highest BCUT2D eigenvalue weighted by Crippen LogP contribution is 2.13. The second kappa shape index (κ2) is 4.26. The van der Waals surface area contributed by atoms with Crippen LogP contribution < -0.4 is 0 Å². The highest BCUT2D eigenvalue weighted by molar-refractivity contribution is 5.97. The topological polar surface area (TPSA) is 45.8 Å². The lowest BCUT2D eigenvalue weighted by Crippen LogP contribution is -2.08. The van der Waals surface area contributed by atoms with Gasteiger partial charge in [0.25, 0.3) is 0 Å². The van der Waals surface area contributed by atoms with Gasteiger partial charge in [0, 0.05) is 12.4 Å². The molecule has 2 rings (SSSR count). The minimum atomic E-state index is -0.445. The van der Waals surface area contributed by atoms with E-state index in [4.69, 9.17) is 0 Å². The molecule has 0 saturated heterocycles. The van der Waals surface area contributed by atoms with Crippen LogP contribution in [0, 0.1) is 12.7 Å². The molecule has 82 valence electrons. The van der Waals surface area contributed by atoms with Gasteiger partial charge in [-0.05, 0) is 18.6 Å². The number of imidazole rings is 1. The molecular weight excluding hydrogens is 207 g/mol. The molecule has 0 fully saturated rings. The van der Waals surface area contributed by atoms with E-state index in [2.05, 4.69) is 9.97 Å². The maximum atomic E-state index is 13.6. The van der Waals surface area contributed by atoms with Crippen molar-refractivity contribution in [2.45, 2.75) is 13.3 Å². The van der Waals surface area contributed by atoms with Gasteiger partial charge in [-0.15, -0.1) is 0 Å². The van der Waals surface area contributed by atoms with Crippen LogP contribution in [-0.2, 0) is 6.42 Å². The van der Waals surface area contributed by atoms with E-state index in [1.807, 2.05) is 0 Å². The Balaban J connectivity index is 2.24. The van der Waals surface area contributed by atoms with Gasteiger partial charge in [-0.3, -0.25) is 4.79 Å². The number of carbonyl (C=O) groups is 1. The van der Waals surface area contributed by atoms with Crippen molar-refractivity contribution < 1.29 is 9.18 Å². The van der Waals surface area contributed by atoms with Gasteiger partial charge in [-0.2, -0.15) is 0 Å². The number of aryl methyl sites for hydroxylation is 1. The zero-order valence-corrected chi connectivity index (χ0v) is 8.83. The molecule has 1 aromatic heterocycles. The van der Waals surface area contributed by atoms with Crippen molar-refractivity contribution in [1.29, 1.82) is 0 Å². The first-order valence-corrected chi connectivity index (χ1v) is 4.95. The minimum absolute atomic E-state index is 0.0906. The van der Waals surface area contributed by atoms with Gasteiger partial charge in [-0.25, -0.2) is 9.37 Å². The molecule has 1 aromatic carbocycles. The predicted octanol–water partition coefficient (Wildman–Crippen LogP) is 2.28. The van der Waals surface area contributed by atoms with Crippen LogP contribution in [0.5, 0.6) is 0 Å². The molecule has 0 unspecified atom stereocenters. The summed E-state index contributed by atoms with van der Waals surface area (Å²) < 4.78 is 13.6. The molecule has 0 aliphatic rings. The molecule has 1 heterocycles. The number of rotatable bonds is 3. The van der Waals surface area contributed by atoms with Gasteiger partial charge in [-0.1, -0.05) is 12.1 Å². The summed E-state index contributed by atoms with van der Waals surface area (Å²) >= 11 is 0. The smallest absolute Gasteiger partial charge is 0.173 e. The van der Waals surface area contributed by atoms with Crippen molar-refractivity contribution >= 4 is 5.78 Å². The van der Waals surface area contributed by atoms with Gasteiger partial charge in [0.15, 0.2) is 5.78 Å². The van der Waals surface area contributed by atoms with Crippen LogP contribution in [0.25, 0.3) is 0 Å². The van der Waals surface area contributed by atoms with Gasteiger partial charge >= 0.3 is 0 Å². The quantitative estimate of drug-likeness (QED) is 0.803. The van der Waals surface area contributed by atoms with Crippen LogP contribution in [0.4, 0.5) is 4.39 Å². The predicted molar refractivity (Wildman–Crippen MR) is 57.8 cm³/mol. The molecule has 0 atom stereocenters.